The van der Waals surface area contributed by atoms with Gasteiger partial charge in [-0.05, 0) is 37.1 Å². The molecule has 6 nitrogen and oxygen atoms in total. The van der Waals surface area contributed by atoms with Crippen LogP contribution in [-0.2, 0) is 6.61 Å². The summed E-state index contributed by atoms with van der Waals surface area (Å²) < 4.78 is 16.7. The number of methoxy groups -OCH3 is 2. The second kappa shape index (κ2) is 10.3. The van der Waals surface area contributed by atoms with Crippen molar-refractivity contribution in [2.24, 2.45) is 5.73 Å². The van der Waals surface area contributed by atoms with E-state index < -0.39 is 0 Å². The Hall–Kier alpha value is -2.73. The molecule has 0 radical (unpaired) electrons. The summed E-state index contributed by atoms with van der Waals surface area (Å²) in [5, 5.41) is 2.87. The second-order valence-electron chi connectivity index (χ2n) is 5.74. The number of rotatable bonds is 10. The molecule has 1 amide bonds. The number of hydrogen-bond acceptors (Lipinski definition) is 5. The number of nitrogens with one attached hydrogen (secondary N) is 1. The van der Waals surface area contributed by atoms with Gasteiger partial charge >= 0.3 is 0 Å². The van der Waals surface area contributed by atoms with E-state index in [2.05, 4.69) is 5.32 Å². The van der Waals surface area contributed by atoms with Crippen molar-refractivity contribution in [2.75, 3.05) is 27.3 Å². The molecule has 3 N–H and O–H groups in total. The van der Waals surface area contributed by atoms with Crippen LogP contribution in [0.25, 0.3) is 0 Å². The molecule has 0 aliphatic rings. The van der Waals surface area contributed by atoms with Crippen LogP contribution in [-0.4, -0.2) is 33.2 Å². The predicted octanol–water partition coefficient (Wildman–Crippen LogP) is 2.75. The maximum absolute atomic E-state index is 12.3. The largest absolute Gasteiger partial charge is 0.493 e. The fraction of sp³-hybridized carbons (Fsp3) is 0.350. The highest BCUT2D eigenvalue weighted by Crippen LogP contribution is 2.39. The van der Waals surface area contributed by atoms with E-state index in [-0.39, 0.29) is 5.91 Å². The van der Waals surface area contributed by atoms with Gasteiger partial charge in [0.15, 0.2) is 11.5 Å². The van der Waals surface area contributed by atoms with E-state index in [4.69, 9.17) is 19.9 Å². The molecule has 0 aliphatic carbocycles. The summed E-state index contributed by atoms with van der Waals surface area (Å²) in [6.07, 6.45) is 1.72. The van der Waals surface area contributed by atoms with Gasteiger partial charge in [-0.15, -0.1) is 0 Å². The molecule has 0 saturated carbocycles. The molecule has 2 rings (SSSR count). The van der Waals surface area contributed by atoms with Crippen LogP contribution < -0.4 is 25.3 Å². The average molecular weight is 358 g/mol. The van der Waals surface area contributed by atoms with Gasteiger partial charge < -0.3 is 25.3 Å². The predicted molar refractivity (Wildman–Crippen MR) is 101 cm³/mol. The first kappa shape index (κ1) is 19.6. The number of nitrogens with two attached hydrogens (primary N) is 1. The van der Waals surface area contributed by atoms with Crippen LogP contribution in [0.4, 0.5) is 0 Å². The van der Waals surface area contributed by atoms with Gasteiger partial charge in [-0.25, -0.2) is 0 Å². The fourth-order valence-corrected chi connectivity index (χ4v) is 2.46. The number of amides is 1. The van der Waals surface area contributed by atoms with Crippen LogP contribution in [0.5, 0.6) is 17.2 Å². The van der Waals surface area contributed by atoms with Crippen molar-refractivity contribution in [3.05, 3.63) is 53.6 Å². The van der Waals surface area contributed by atoms with Crippen LogP contribution in [0, 0.1) is 0 Å². The molecular formula is C20H26N2O4. The number of ether oxygens (including phenoxy) is 3. The van der Waals surface area contributed by atoms with E-state index in [0.717, 1.165) is 18.4 Å². The monoisotopic (exact) mass is 358 g/mol. The van der Waals surface area contributed by atoms with Gasteiger partial charge in [0.1, 0.15) is 6.61 Å². The lowest BCUT2D eigenvalue weighted by Gasteiger charge is -2.16. The molecule has 0 fully saturated rings. The van der Waals surface area contributed by atoms with Gasteiger partial charge in [0.2, 0.25) is 5.75 Å². The zero-order valence-corrected chi connectivity index (χ0v) is 15.3. The Balaban J connectivity index is 2.14. The molecule has 0 bridgehead atoms. The summed E-state index contributed by atoms with van der Waals surface area (Å²) in [5.74, 6) is 1.19. The number of benzene rings is 2. The van der Waals surface area contributed by atoms with Crippen LogP contribution in [0.1, 0.15) is 28.8 Å². The standard InChI is InChI=1S/C20H26N2O4/c1-24-17-12-16(20(23)22-11-7-6-10-21)13-18(25-2)19(17)26-14-15-8-4-3-5-9-15/h3-5,8-9,12-13H,6-7,10-11,14,21H2,1-2H3,(H,22,23). The van der Waals surface area contributed by atoms with Crippen molar-refractivity contribution >= 4 is 5.91 Å². The van der Waals surface area contributed by atoms with Gasteiger partial charge in [-0.1, -0.05) is 30.3 Å². The van der Waals surface area contributed by atoms with E-state index >= 15 is 0 Å². The molecule has 2 aromatic rings. The molecule has 0 unspecified atom stereocenters. The van der Waals surface area contributed by atoms with Crippen molar-refractivity contribution < 1.29 is 19.0 Å². The summed E-state index contributed by atoms with van der Waals surface area (Å²) >= 11 is 0. The van der Waals surface area contributed by atoms with Gasteiger partial charge in [-0.3, -0.25) is 4.79 Å². The Labute approximate surface area is 154 Å². The minimum Gasteiger partial charge on any atom is -0.493 e. The molecule has 0 heterocycles. The number of carbonyl (C=O) groups excluding carboxylic acids is 1. The Morgan fingerprint density at radius 1 is 1.04 bits per heavy atom. The quantitative estimate of drug-likeness (QED) is 0.638. The lowest BCUT2D eigenvalue weighted by Crippen LogP contribution is -2.25. The van der Waals surface area contributed by atoms with Crippen molar-refractivity contribution in [1.29, 1.82) is 0 Å². The average Bonchev–Trinajstić information content (AvgIpc) is 2.69. The van der Waals surface area contributed by atoms with Crippen molar-refractivity contribution in [3.8, 4) is 17.2 Å². The summed E-state index contributed by atoms with van der Waals surface area (Å²) in [6.45, 7) is 1.57. The highest BCUT2D eigenvalue weighted by atomic mass is 16.5. The number of carbonyl (C=O) groups is 1. The molecule has 0 atom stereocenters. The molecule has 6 heteroatoms. The zero-order valence-electron chi connectivity index (χ0n) is 15.3. The van der Waals surface area contributed by atoms with E-state index in [9.17, 15) is 4.79 Å². The van der Waals surface area contributed by atoms with Gasteiger partial charge in [-0.2, -0.15) is 0 Å². The Kier molecular flexibility index (Phi) is 7.76. The summed E-state index contributed by atoms with van der Waals surface area (Å²) in [6, 6.07) is 13.1. The van der Waals surface area contributed by atoms with Crippen LogP contribution >= 0.6 is 0 Å². The Morgan fingerprint density at radius 2 is 1.69 bits per heavy atom. The fourth-order valence-electron chi connectivity index (χ4n) is 2.46. The second-order valence-corrected chi connectivity index (χ2v) is 5.74. The number of hydrogen-bond donors (Lipinski definition) is 2. The third-order valence-corrected chi connectivity index (χ3v) is 3.87. The highest BCUT2D eigenvalue weighted by Gasteiger charge is 2.17. The molecule has 0 spiro atoms. The number of unbranched alkanes of at least 4 members (excludes halogenated alkanes) is 1. The lowest BCUT2D eigenvalue weighted by atomic mass is 10.1. The first-order valence-electron chi connectivity index (χ1n) is 8.60. The minimum atomic E-state index is -0.187. The van der Waals surface area contributed by atoms with Crippen molar-refractivity contribution in [1.82, 2.24) is 5.32 Å². The van der Waals surface area contributed by atoms with E-state index in [1.54, 1.807) is 12.1 Å². The van der Waals surface area contributed by atoms with Crippen LogP contribution in [0.15, 0.2) is 42.5 Å². The summed E-state index contributed by atoms with van der Waals surface area (Å²) in [7, 11) is 3.07. The molecule has 26 heavy (non-hydrogen) atoms. The van der Waals surface area contributed by atoms with Gasteiger partial charge in [0.05, 0.1) is 14.2 Å². The Bertz CT molecular complexity index is 679. The topological polar surface area (TPSA) is 82.8 Å². The van der Waals surface area contributed by atoms with E-state index in [0.29, 0.717) is 42.5 Å². The van der Waals surface area contributed by atoms with Gasteiger partial charge in [0.25, 0.3) is 5.91 Å². The third-order valence-electron chi connectivity index (χ3n) is 3.87. The molecule has 0 aliphatic heterocycles. The third kappa shape index (κ3) is 5.39. The maximum atomic E-state index is 12.3. The van der Waals surface area contributed by atoms with Crippen molar-refractivity contribution in [2.45, 2.75) is 19.4 Å². The smallest absolute Gasteiger partial charge is 0.251 e. The van der Waals surface area contributed by atoms with Crippen molar-refractivity contribution in [3.63, 3.8) is 0 Å². The summed E-state index contributed by atoms with van der Waals surface area (Å²) in [5.41, 5.74) is 6.94. The van der Waals surface area contributed by atoms with Crippen LogP contribution in [0.3, 0.4) is 0 Å². The SMILES string of the molecule is COc1cc(C(=O)NCCCCN)cc(OC)c1OCc1ccccc1. The maximum Gasteiger partial charge on any atom is 0.251 e. The lowest BCUT2D eigenvalue weighted by molar-refractivity contribution is 0.0952. The van der Waals surface area contributed by atoms with E-state index in [1.807, 2.05) is 30.3 Å². The first-order valence-corrected chi connectivity index (χ1v) is 8.60. The summed E-state index contributed by atoms with van der Waals surface area (Å²) in [4.78, 5) is 12.3. The minimum absolute atomic E-state index is 0.187. The zero-order chi connectivity index (χ0) is 18.8. The normalized spacial score (nSPS) is 10.3. The van der Waals surface area contributed by atoms with Crippen LogP contribution in [0.2, 0.25) is 0 Å². The van der Waals surface area contributed by atoms with Gasteiger partial charge in [0, 0.05) is 12.1 Å². The molecule has 2 aromatic carbocycles. The molecule has 0 saturated heterocycles. The van der Waals surface area contributed by atoms with E-state index in [1.165, 1.54) is 14.2 Å². The molecule has 0 aromatic heterocycles. The molecular weight excluding hydrogens is 332 g/mol. The Morgan fingerprint density at radius 3 is 2.27 bits per heavy atom. The highest BCUT2D eigenvalue weighted by molar-refractivity contribution is 5.95. The molecule has 140 valence electrons. The first-order chi connectivity index (χ1) is 12.7.